The molecule has 0 N–H and O–H groups in total. The van der Waals surface area contributed by atoms with Crippen LogP contribution in [0.2, 0.25) is 0 Å². The molecule has 0 spiro atoms. The maximum Gasteiger partial charge on any atom is 0.0543 e. The molecule has 0 radical (unpaired) electrons. The topological polar surface area (TPSA) is 3.24 Å². The van der Waals surface area contributed by atoms with Crippen LogP contribution < -0.4 is 4.90 Å². The SMILES string of the molecule is CC1(C)c2ccccc2-c2cc(-c3ccc(C4CCCCC4)cc3)c(N(c3ccc(-c4cccc(C5CCCCC5)c4)cc3)c3ccc(C4CC5CCC4C5)cc3)cc21. The Morgan fingerprint density at radius 2 is 1.08 bits per heavy atom. The highest BCUT2D eigenvalue weighted by molar-refractivity contribution is 5.95. The van der Waals surface area contributed by atoms with E-state index in [1.54, 1.807) is 0 Å². The van der Waals surface area contributed by atoms with Crippen LogP contribution in [0.3, 0.4) is 0 Å². The van der Waals surface area contributed by atoms with Crippen LogP contribution in [0.25, 0.3) is 33.4 Å². The highest BCUT2D eigenvalue weighted by Crippen LogP contribution is 2.55. The zero-order valence-corrected chi connectivity index (χ0v) is 35.4. The van der Waals surface area contributed by atoms with Gasteiger partial charge in [0.2, 0.25) is 0 Å². The van der Waals surface area contributed by atoms with Crippen LogP contribution in [-0.2, 0) is 5.41 Å². The highest BCUT2D eigenvalue weighted by atomic mass is 15.1. The van der Waals surface area contributed by atoms with Gasteiger partial charge in [-0.15, -0.1) is 0 Å². The van der Waals surface area contributed by atoms with Crippen LogP contribution in [0, 0.1) is 11.8 Å². The minimum absolute atomic E-state index is 0.103. The first-order valence-corrected chi connectivity index (χ1v) is 23.5. The first kappa shape index (κ1) is 37.1. The van der Waals surface area contributed by atoms with Gasteiger partial charge in [-0.25, -0.2) is 0 Å². The quantitative estimate of drug-likeness (QED) is 0.149. The fourth-order valence-corrected chi connectivity index (χ4v) is 12.7. The third-order valence-corrected chi connectivity index (χ3v) is 16.0. The maximum atomic E-state index is 2.58. The molecular weight excluding hydrogens is 711 g/mol. The average Bonchev–Trinajstić information content (AvgIpc) is 4.00. The summed E-state index contributed by atoms with van der Waals surface area (Å²) in [5.41, 5.74) is 19.0. The second kappa shape index (κ2) is 15.3. The third kappa shape index (κ3) is 6.78. The molecule has 1 nitrogen and oxygen atoms in total. The highest BCUT2D eigenvalue weighted by Gasteiger charge is 2.40. The van der Waals surface area contributed by atoms with E-state index >= 15 is 0 Å². The number of nitrogens with zero attached hydrogens (tertiary/aromatic N) is 1. The summed E-state index contributed by atoms with van der Waals surface area (Å²) < 4.78 is 0. The molecule has 3 atom stereocenters. The van der Waals surface area contributed by atoms with Crippen LogP contribution in [0.4, 0.5) is 17.1 Å². The van der Waals surface area contributed by atoms with Gasteiger partial charge in [-0.2, -0.15) is 0 Å². The van der Waals surface area contributed by atoms with Gasteiger partial charge >= 0.3 is 0 Å². The molecule has 0 amide bonds. The van der Waals surface area contributed by atoms with E-state index in [4.69, 9.17) is 0 Å². The number of fused-ring (bicyclic) bond motifs is 5. The summed E-state index contributed by atoms with van der Waals surface area (Å²) in [6, 6.07) is 52.8. The van der Waals surface area contributed by atoms with E-state index in [1.807, 2.05) is 0 Å². The van der Waals surface area contributed by atoms with Crippen molar-refractivity contribution >= 4 is 17.1 Å². The van der Waals surface area contributed by atoms with Crippen LogP contribution in [0.5, 0.6) is 0 Å². The summed E-state index contributed by atoms with van der Waals surface area (Å²) in [7, 11) is 0. The predicted octanol–water partition coefficient (Wildman–Crippen LogP) is 16.8. The lowest BCUT2D eigenvalue weighted by Crippen LogP contribution is -2.17. The normalized spacial score (nSPS) is 22.3. The van der Waals surface area contributed by atoms with Crippen molar-refractivity contribution in [3.05, 3.63) is 161 Å². The minimum Gasteiger partial charge on any atom is -0.310 e. The molecule has 4 fully saturated rings. The van der Waals surface area contributed by atoms with Gasteiger partial charge < -0.3 is 4.90 Å². The smallest absolute Gasteiger partial charge is 0.0543 e. The number of rotatable bonds is 8. The molecule has 6 aromatic rings. The number of hydrogen-bond acceptors (Lipinski definition) is 1. The summed E-state index contributed by atoms with van der Waals surface area (Å²) in [6.45, 7) is 4.84. The van der Waals surface area contributed by atoms with Crippen molar-refractivity contribution in [1.29, 1.82) is 0 Å². The lowest BCUT2D eigenvalue weighted by molar-refractivity contribution is 0.420. The van der Waals surface area contributed by atoms with E-state index in [1.165, 1.54) is 168 Å². The first-order chi connectivity index (χ1) is 29.0. The van der Waals surface area contributed by atoms with E-state index in [0.717, 1.165) is 17.8 Å². The Labute approximate surface area is 353 Å². The molecule has 298 valence electrons. The Hall–Kier alpha value is -4.88. The standard InChI is InChI=1S/C58H61N/c1-58(2)55-19-10-9-18-51(55)54-37-53(45-24-22-42(23-25-45)40-12-5-3-6-13-40)57(38-56(54)58)59(50-32-28-44(29-33-50)52-35-39-20-21-48(52)34-39)49-30-26-43(27-31-49)47-17-11-16-46(36-47)41-14-7-4-8-15-41/h9-11,16-19,22-33,36-41,48,52H,3-8,12-15,20-21,34-35H2,1-2H3. The predicted molar refractivity (Wildman–Crippen MR) is 249 cm³/mol. The van der Waals surface area contributed by atoms with Crippen LogP contribution in [-0.4, -0.2) is 0 Å². The molecule has 4 saturated carbocycles. The molecule has 5 aliphatic carbocycles. The van der Waals surface area contributed by atoms with Crippen LogP contribution in [0.1, 0.15) is 149 Å². The number of anilines is 3. The Morgan fingerprint density at radius 1 is 0.441 bits per heavy atom. The lowest BCUT2D eigenvalue weighted by Gasteiger charge is -2.31. The minimum atomic E-state index is -0.103. The fourth-order valence-electron chi connectivity index (χ4n) is 12.7. The number of benzene rings is 6. The van der Waals surface area contributed by atoms with Gasteiger partial charge in [0.05, 0.1) is 5.69 Å². The van der Waals surface area contributed by atoms with E-state index < -0.39 is 0 Å². The molecule has 6 aromatic carbocycles. The van der Waals surface area contributed by atoms with Gasteiger partial charge in [-0.05, 0) is 167 Å². The summed E-state index contributed by atoms with van der Waals surface area (Å²) >= 11 is 0. The maximum absolute atomic E-state index is 2.58. The van der Waals surface area contributed by atoms with Crippen molar-refractivity contribution in [3.8, 4) is 33.4 Å². The average molecular weight is 772 g/mol. The molecule has 3 unspecified atom stereocenters. The second-order valence-electron chi connectivity index (χ2n) is 19.8. The van der Waals surface area contributed by atoms with E-state index in [9.17, 15) is 0 Å². The van der Waals surface area contributed by atoms with Gasteiger partial charge in [0, 0.05) is 22.4 Å². The molecule has 0 aliphatic heterocycles. The Morgan fingerprint density at radius 3 is 1.76 bits per heavy atom. The van der Waals surface area contributed by atoms with Crippen molar-refractivity contribution in [2.75, 3.05) is 4.90 Å². The van der Waals surface area contributed by atoms with Crippen molar-refractivity contribution < 1.29 is 0 Å². The zero-order valence-electron chi connectivity index (χ0n) is 35.4. The third-order valence-electron chi connectivity index (χ3n) is 16.0. The van der Waals surface area contributed by atoms with Crippen LogP contribution >= 0.6 is 0 Å². The van der Waals surface area contributed by atoms with Gasteiger partial charge in [0.25, 0.3) is 0 Å². The zero-order chi connectivity index (χ0) is 39.5. The summed E-state index contributed by atoms with van der Waals surface area (Å²) in [5, 5.41) is 0. The molecule has 2 bridgehead atoms. The van der Waals surface area contributed by atoms with E-state index in [-0.39, 0.29) is 5.41 Å². The van der Waals surface area contributed by atoms with E-state index in [2.05, 4.69) is 152 Å². The van der Waals surface area contributed by atoms with Crippen LogP contribution in [0.15, 0.2) is 133 Å². The van der Waals surface area contributed by atoms with Crippen molar-refractivity contribution in [3.63, 3.8) is 0 Å². The van der Waals surface area contributed by atoms with E-state index in [0.29, 0.717) is 11.8 Å². The molecule has 1 heteroatoms. The van der Waals surface area contributed by atoms with Crippen molar-refractivity contribution in [2.45, 2.75) is 127 Å². The Bertz CT molecular complexity index is 2440. The fraction of sp³-hybridized carbons (Fsp3) is 0.379. The van der Waals surface area contributed by atoms with Gasteiger partial charge in [0.1, 0.15) is 0 Å². The molecular formula is C58H61N. The van der Waals surface area contributed by atoms with Gasteiger partial charge in [0.15, 0.2) is 0 Å². The van der Waals surface area contributed by atoms with Crippen molar-refractivity contribution in [1.82, 2.24) is 0 Å². The summed E-state index contributed by atoms with van der Waals surface area (Å²) in [4.78, 5) is 2.58. The molecule has 0 saturated heterocycles. The summed E-state index contributed by atoms with van der Waals surface area (Å²) in [6.07, 6.45) is 19.2. The molecule has 5 aliphatic rings. The summed E-state index contributed by atoms with van der Waals surface area (Å²) in [5.74, 6) is 3.92. The molecule has 0 heterocycles. The number of hydrogen-bond donors (Lipinski definition) is 0. The van der Waals surface area contributed by atoms with Gasteiger partial charge in [-0.1, -0.05) is 156 Å². The Balaban J connectivity index is 1.05. The molecule has 0 aromatic heterocycles. The Kier molecular flexibility index (Phi) is 9.63. The lowest BCUT2D eigenvalue weighted by atomic mass is 9.81. The largest absolute Gasteiger partial charge is 0.310 e. The first-order valence-electron chi connectivity index (χ1n) is 23.5. The second-order valence-corrected chi connectivity index (χ2v) is 19.8. The van der Waals surface area contributed by atoms with Gasteiger partial charge in [-0.3, -0.25) is 0 Å². The van der Waals surface area contributed by atoms with Crippen molar-refractivity contribution in [2.24, 2.45) is 11.8 Å². The molecule has 11 rings (SSSR count). The monoisotopic (exact) mass is 771 g/mol. The molecule has 59 heavy (non-hydrogen) atoms.